The van der Waals surface area contributed by atoms with Crippen LogP contribution in [0.2, 0.25) is 0 Å². The van der Waals surface area contributed by atoms with Crippen LogP contribution in [0.25, 0.3) is 0 Å². The molecule has 0 bridgehead atoms. The smallest absolute Gasteiger partial charge is 0.0978 e. The lowest BCUT2D eigenvalue weighted by Crippen LogP contribution is -2.13. The molecule has 0 aliphatic rings. The summed E-state index contributed by atoms with van der Waals surface area (Å²) in [5.41, 5.74) is 0.669. The number of hydrogen-bond donors (Lipinski definition) is 2. The third-order valence-electron chi connectivity index (χ3n) is 1.31. The SMILES string of the molecule is C=CCCC(=C)C(O)CO. The van der Waals surface area contributed by atoms with E-state index in [1.165, 1.54) is 0 Å². The van der Waals surface area contributed by atoms with Gasteiger partial charge in [0.2, 0.25) is 0 Å². The Bertz CT molecular complexity index is 118. The summed E-state index contributed by atoms with van der Waals surface area (Å²) in [6.45, 7) is 6.90. The summed E-state index contributed by atoms with van der Waals surface area (Å²) in [7, 11) is 0. The van der Waals surface area contributed by atoms with E-state index in [1.807, 2.05) is 0 Å². The Morgan fingerprint density at radius 2 is 2.20 bits per heavy atom. The number of allylic oxidation sites excluding steroid dienone is 1. The largest absolute Gasteiger partial charge is 0.393 e. The van der Waals surface area contributed by atoms with Gasteiger partial charge in [-0.2, -0.15) is 0 Å². The van der Waals surface area contributed by atoms with E-state index >= 15 is 0 Å². The lowest BCUT2D eigenvalue weighted by molar-refractivity contribution is 0.120. The van der Waals surface area contributed by atoms with Gasteiger partial charge in [0.1, 0.15) is 0 Å². The molecular formula is C8H14O2. The van der Waals surface area contributed by atoms with Crippen LogP contribution in [-0.4, -0.2) is 22.9 Å². The number of hydrogen-bond acceptors (Lipinski definition) is 2. The Labute approximate surface area is 61.5 Å². The Balaban J connectivity index is 3.51. The minimum Gasteiger partial charge on any atom is -0.393 e. The summed E-state index contributed by atoms with van der Waals surface area (Å²) in [6, 6.07) is 0. The zero-order valence-corrected chi connectivity index (χ0v) is 6.08. The normalized spacial score (nSPS) is 12.6. The van der Waals surface area contributed by atoms with Crippen molar-refractivity contribution in [3.05, 3.63) is 24.8 Å². The Hall–Kier alpha value is -0.600. The van der Waals surface area contributed by atoms with Gasteiger partial charge in [0.05, 0.1) is 12.7 Å². The molecule has 0 aliphatic heterocycles. The zero-order valence-electron chi connectivity index (χ0n) is 6.08. The summed E-state index contributed by atoms with van der Waals surface area (Å²) in [5, 5.41) is 17.4. The van der Waals surface area contributed by atoms with Crippen LogP contribution in [0.1, 0.15) is 12.8 Å². The average molecular weight is 142 g/mol. The summed E-state index contributed by atoms with van der Waals surface area (Å²) in [5.74, 6) is 0. The van der Waals surface area contributed by atoms with Gasteiger partial charge in [0, 0.05) is 0 Å². The van der Waals surface area contributed by atoms with Gasteiger partial charge in [0.15, 0.2) is 0 Å². The highest BCUT2D eigenvalue weighted by atomic mass is 16.3. The van der Waals surface area contributed by atoms with Gasteiger partial charge in [-0.1, -0.05) is 12.7 Å². The molecule has 0 radical (unpaired) electrons. The molecule has 0 aromatic rings. The Morgan fingerprint density at radius 3 is 2.60 bits per heavy atom. The van der Waals surface area contributed by atoms with Crippen molar-refractivity contribution in [1.29, 1.82) is 0 Å². The lowest BCUT2D eigenvalue weighted by atomic mass is 10.1. The molecule has 10 heavy (non-hydrogen) atoms. The molecule has 1 unspecified atom stereocenters. The van der Waals surface area contributed by atoms with E-state index in [2.05, 4.69) is 13.2 Å². The van der Waals surface area contributed by atoms with Crippen LogP contribution in [-0.2, 0) is 0 Å². The number of aliphatic hydroxyl groups is 2. The van der Waals surface area contributed by atoms with Crippen molar-refractivity contribution in [3.8, 4) is 0 Å². The van der Waals surface area contributed by atoms with Crippen molar-refractivity contribution in [1.82, 2.24) is 0 Å². The average Bonchev–Trinajstić information content (AvgIpc) is 1.98. The van der Waals surface area contributed by atoms with E-state index < -0.39 is 6.10 Å². The van der Waals surface area contributed by atoms with Crippen molar-refractivity contribution in [3.63, 3.8) is 0 Å². The Morgan fingerprint density at radius 1 is 1.60 bits per heavy atom. The summed E-state index contributed by atoms with van der Waals surface area (Å²) >= 11 is 0. The first-order chi connectivity index (χ1) is 4.72. The summed E-state index contributed by atoms with van der Waals surface area (Å²) in [4.78, 5) is 0. The molecule has 0 aromatic heterocycles. The first kappa shape index (κ1) is 9.40. The molecule has 0 heterocycles. The standard InChI is InChI=1S/C8H14O2/c1-3-4-5-7(2)8(10)6-9/h3,8-10H,1-2,4-6H2. The van der Waals surface area contributed by atoms with Crippen LogP contribution in [0.15, 0.2) is 24.8 Å². The Kier molecular flexibility index (Phi) is 4.89. The van der Waals surface area contributed by atoms with Crippen molar-refractivity contribution in [2.75, 3.05) is 6.61 Å². The van der Waals surface area contributed by atoms with Gasteiger partial charge in [-0.05, 0) is 18.4 Å². The van der Waals surface area contributed by atoms with Gasteiger partial charge in [-0.25, -0.2) is 0 Å². The third-order valence-corrected chi connectivity index (χ3v) is 1.31. The molecular weight excluding hydrogens is 128 g/mol. The molecule has 0 amide bonds. The predicted octanol–water partition coefficient (Wildman–Crippen LogP) is 0.862. The van der Waals surface area contributed by atoms with Gasteiger partial charge < -0.3 is 10.2 Å². The van der Waals surface area contributed by atoms with Crippen LogP contribution < -0.4 is 0 Å². The van der Waals surface area contributed by atoms with Crippen molar-refractivity contribution < 1.29 is 10.2 Å². The van der Waals surface area contributed by atoms with Crippen LogP contribution in [0.5, 0.6) is 0 Å². The molecule has 0 rings (SSSR count). The first-order valence-corrected chi connectivity index (χ1v) is 3.29. The molecule has 58 valence electrons. The minimum absolute atomic E-state index is 0.240. The van der Waals surface area contributed by atoms with Gasteiger partial charge >= 0.3 is 0 Å². The fourth-order valence-corrected chi connectivity index (χ4v) is 0.583. The number of rotatable bonds is 5. The second kappa shape index (κ2) is 5.21. The van der Waals surface area contributed by atoms with Crippen LogP contribution in [0.3, 0.4) is 0 Å². The molecule has 2 nitrogen and oxygen atoms in total. The van der Waals surface area contributed by atoms with E-state index in [4.69, 9.17) is 10.2 Å². The topological polar surface area (TPSA) is 40.5 Å². The molecule has 0 aliphatic carbocycles. The van der Waals surface area contributed by atoms with Crippen molar-refractivity contribution >= 4 is 0 Å². The van der Waals surface area contributed by atoms with Gasteiger partial charge in [-0.3, -0.25) is 0 Å². The van der Waals surface area contributed by atoms with E-state index in [0.717, 1.165) is 6.42 Å². The quantitative estimate of drug-likeness (QED) is 0.559. The maximum absolute atomic E-state index is 8.97. The summed E-state index contributed by atoms with van der Waals surface area (Å²) < 4.78 is 0. The minimum atomic E-state index is -0.764. The second-order valence-corrected chi connectivity index (χ2v) is 2.18. The monoisotopic (exact) mass is 142 g/mol. The second-order valence-electron chi connectivity index (χ2n) is 2.18. The predicted molar refractivity (Wildman–Crippen MR) is 41.7 cm³/mol. The van der Waals surface area contributed by atoms with E-state index in [1.54, 1.807) is 6.08 Å². The first-order valence-electron chi connectivity index (χ1n) is 3.29. The maximum atomic E-state index is 8.97. The molecule has 0 spiro atoms. The number of aliphatic hydroxyl groups excluding tert-OH is 2. The zero-order chi connectivity index (χ0) is 7.98. The van der Waals surface area contributed by atoms with E-state index in [-0.39, 0.29) is 6.61 Å². The van der Waals surface area contributed by atoms with Gasteiger partial charge in [-0.15, -0.1) is 6.58 Å². The van der Waals surface area contributed by atoms with Crippen molar-refractivity contribution in [2.45, 2.75) is 18.9 Å². The molecule has 2 N–H and O–H groups in total. The lowest BCUT2D eigenvalue weighted by Gasteiger charge is -2.08. The van der Waals surface area contributed by atoms with Crippen LogP contribution in [0.4, 0.5) is 0 Å². The fraction of sp³-hybridized carbons (Fsp3) is 0.500. The van der Waals surface area contributed by atoms with Crippen LogP contribution >= 0.6 is 0 Å². The molecule has 0 fully saturated rings. The van der Waals surface area contributed by atoms with Crippen LogP contribution in [0, 0.1) is 0 Å². The van der Waals surface area contributed by atoms with E-state index in [9.17, 15) is 0 Å². The fourth-order valence-electron chi connectivity index (χ4n) is 0.583. The maximum Gasteiger partial charge on any atom is 0.0978 e. The van der Waals surface area contributed by atoms with Crippen molar-refractivity contribution in [2.24, 2.45) is 0 Å². The highest BCUT2D eigenvalue weighted by molar-refractivity contribution is 5.02. The summed E-state index contributed by atoms with van der Waals surface area (Å²) in [6.07, 6.45) is 2.50. The highest BCUT2D eigenvalue weighted by Crippen LogP contribution is 2.06. The third kappa shape index (κ3) is 3.43. The highest BCUT2D eigenvalue weighted by Gasteiger charge is 2.04. The molecule has 0 saturated heterocycles. The van der Waals surface area contributed by atoms with E-state index in [0.29, 0.717) is 12.0 Å². The van der Waals surface area contributed by atoms with Gasteiger partial charge in [0.25, 0.3) is 0 Å². The molecule has 0 saturated carbocycles. The molecule has 1 atom stereocenters. The molecule has 0 aromatic carbocycles. The molecule has 2 heteroatoms.